The number of aromatic nitrogens is 1. The summed E-state index contributed by atoms with van der Waals surface area (Å²) in [6.45, 7) is 4.68. The van der Waals surface area contributed by atoms with Gasteiger partial charge in [0.25, 0.3) is 11.8 Å². The largest absolute Gasteiger partial charge is 0.480 e. The third kappa shape index (κ3) is 6.88. The average molecular weight is 574 g/mol. The van der Waals surface area contributed by atoms with Crippen molar-refractivity contribution in [2.45, 2.75) is 51.2 Å². The predicted molar refractivity (Wildman–Crippen MR) is 145 cm³/mol. The number of nitrogens with zero attached hydrogens (tertiary/aromatic N) is 2. The van der Waals surface area contributed by atoms with Crippen LogP contribution >= 0.6 is 11.3 Å². The first-order chi connectivity index (χ1) is 18.9. The molecule has 0 spiro atoms. The number of carboxylic acids is 1. The molecule has 0 aliphatic carbocycles. The highest BCUT2D eigenvalue weighted by atomic mass is 32.1. The van der Waals surface area contributed by atoms with Crippen LogP contribution in [0.3, 0.4) is 0 Å². The number of aliphatic carboxylic acids is 1. The number of thiazole rings is 1. The van der Waals surface area contributed by atoms with Crippen LogP contribution in [0.1, 0.15) is 70.4 Å². The molecule has 2 N–H and O–H groups in total. The molecule has 7 nitrogen and oxygen atoms in total. The second-order valence-corrected chi connectivity index (χ2v) is 11.1. The van der Waals surface area contributed by atoms with E-state index in [4.69, 9.17) is 0 Å². The van der Waals surface area contributed by atoms with Crippen LogP contribution in [0, 0.1) is 5.92 Å². The maximum Gasteiger partial charge on any atom is 0.416 e. The molecule has 1 fully saturated rings. The molecular weight excluding hydrogens is 543 g/mol. The Hall–Kier alpha value is -3.73. The Morgan fingerprint density at radius 2 is 1.73 bits per heavy atom. The fourth-order valence-electron chi connectivity index (χ4n) is 4.76. The maximum absolute atomic E-state index is 13.4. The molecule has 1 atom stereocenters. The van der Waals surface area contributed by atoms with Gasteiger partial charge in [0, 0.05) is 30.0 Å². The van der Waals surface area contributed by atoms with Crippen LogP contribution in [-0.4, -0.2) is 51.9 Å². The number of nitrogens with one attached hydrogen (secondary N) is 1. The van der Waals surface area contributed by atoms with Crippen molar-refractivity contribution in [2.75, 3.05) is 13.1 Å². The molecule has 2 amide bonds. The normalized spacial score (nSPS) is 15.2. The molecule has 0 bridgehead atoms. The SMILES string of the molecule is CC(C)C[C@H](NC(=O)c1csc(C2CCN(C(=O)c3ccccc3-c3ccc(C(F)(F)F)cc3)CC2)n1)C(=O)O. The van der Waals surface area contributed by atoms with E-state index in [1.807, 2.05) is 13.8 Å². The molecule has 0 saturated carbocycles. The number of halogens is 3. The number of hydrogen-bond donors (Lipinski definition) is 2. The summed E-state index contributed by atoms with van der Waals surface area (Å²) in [5.74, 6) is -1.66. The Labute approximate surface area is 234 Å². The number of amides is 2. The standard InChI is InChI=1S/C29H30F3N3O4S/c1-17(2)15-23(28(38)39)33-25(36)24-16-40-26(34-24)19-11-13-35(14-12-19)27(37)22-6-4-3-5-21(22)18-7-9-20(10-8-18)29(30,31)32/h3-10,16-17,19,23H,11-15H2,1-2H3,(H,33,36)(H,38,39)/t23-/m0/s1. The fraction of sp³-hybridized carbons (Fsp3) is 0.379. The number of likely N-dealkylation sites (tertiary alicyclic amines) is 1. The number of carboxylic acid groups (broad SMARTS) is 1. The van der Waals surface area contributed by atoms with Gasteiger partial charge in [-0.25, -0.2) is 9.78 Å². The first kappa shape index (κ1) is 29.3. The molecule has 1 aliphatic rings. The van der Waals surface area contributed by atoms with Gasteiger partial charge < -0.3 is 15.3 Å². The zero-order chi connectivity index (χ0) is 29.0. The summed E-state index contributed by atoms with van der Waals surface area (Å²) in [6.07, 6.45) is -2.86. The van der Waals surface area contributed by atoms with Crippen LogP contribution in [0.5, 0.6) is 0 Å². The van der Waals surface area contributed by atoms with Crippen LogP contribution in [-0.2, 0) is 11.0 Å². The van der Waals surface area contributed by atoms with Gasteiger partial charge in [-0.15, -0.1) is 11.3 Å². The van der Waals surface area contributed by atoms with E-state index in [1.54, 1.807) is 34.5 Å². The lowest BCUT2D eigenvalue weighted by molar-refractivity contribution is -0.140. The van der Waals surface area contributed by atoms with Crippen molar-refractivity contribution in [3.63, 3.8) is 0 Å². The van der Waals surface area contributed by atoms with Gasteiger partial charge in [0.05, 0.1) is 10.6 Å². The van der Waals surface area contributed by atoms with Crippen molar-refractivity contribution in [1.82, 2.24) is 15.2 Å². The Morgan fingerprint density at radius 3 is 2.33 bits per heavy atom. The van der Waals surface area contributed by atoms with E-state index in [-0.39, 0.29) is 23.4 Å². The van der Waals surface area contributed by atoms with E-state index in [9.17, 15) is 32.7 Å². The number of benzene rings is 2. The zero-order valence-electron chi connectivity index (χ0n) is 22.1. The van der Waals surface area contributed by atoms with Gasteiger partial charge in [-0.2, -0.15) is 13.2 Å². The summed E-state index contributed by atoms with van der Waals surface area (Å²) in [6, 6.07) is 10.7. The highest BCUT2D eigenvalue weighted by Gasteiger charge is 2.31. The topological polar surface area (TPSA) is 99.6 Å². The molecular formula is C29H30F3N3O4S. The van der Waals surface area contributed by atoms with Crippen LogP contribution in [0.4, 0.5) is 13.2 Å². The molecule has 3 aromatic rings. The summed E-state index contributed by atoms with van der Waals surface area (Å²) in [7, 11) is 0. The average Bonchev–Trinajstić information content (AvgIpc) is 3.42. The van der Waals surface area contributed by atoms with E-state index in [1.165, 1.54) is 23.5 Å². The van der Waals surface area contributed by atoms with Crippen molar-refractivity contribution in [3.8, 4) is 11.1 Å². The Balaban J connectivity index is 1.40. The lowest BCUT2D eigenvalue weighted by atomic mass is 9.94. The lowest BCUT2D eigenvalue weighted by Gasteiger charge is -2.31. The number of hydrogen-bond acceptors (Lipinski definition) is 5. The summed E-state index contributed by atoms with van der Waals surface area (Å²) in [5, 5.41) is 14.3. The van der Waals surface area contributed by atoms with Crippen molar-refractivity contribution in [3.05, 3.63) is 75.7 Å². The highest BCUT2D eigenvalue weighted by molar-refractivity contribution is 7.09. The van der Waals surface area contributed by atoms with Gasteiger partial charge in [-0.05, 0) is 54.5 Å². The Bertz CT molecular complexity index is 1360. The summed E-state index contributed by atoms with van der Waals surface area (Å²) >= 11 is 1.34. The third-order valence-electron chi connectivity index (χ3n) is 6.88. The monoisotopic (exact) mass is 573 g/mol. The third-order valence-corrected chi connectivity index (χ3v) is 7.88. The van der Waals surface area contributed by atoms with Gasteiger partial charge >= 0.3 is 12.1 Å². The highest BCUT2D eigenvalue weighted by Crippen LogP contribution is 2.34. The first-order valence-electron chi connectivity index (χ1n) is 13.0. The molecule has 4 rings (SSSR count). The molecule has 40 heavy (non-hydrogen) atoms. The van der Waals surface area contributed by atoms with E-state index in [2.05, 4.69) is 10.3 Å². The van der Waals surface area contributed by atoms with Gasteiger partial charge in [0.1, 0.15) is 11.7 Å². The summed E-state index contributed by atoms with van der Waals surface area (Å²) in [4.78, 5) is 43.7. The van der Waals surface area contributed by atoms with Crippen LogP contribution in [0.25, 0.3) is 11.1 Å². The van der Waals surface area contributed by atoms with Gasteiger partial charge in [0.2, 0.25) is 0 Å². The van der Waals surface area contributed by atoms with Crippen LogP contribution < -0.4 is 5.32 Å². The molecule has 1 aromatic heterocycles. The van der Waals surface area contributed by atoms with E-state index in [0.29, 0.717) is 49.0 Å². The van der Waals surface area contributed by atoms with Gasteiger partial charge in [0.15, 0.2) is 0 Å². The molecule has 0 radical (unpaired) electrons. The van der Waals surface area contributed by atoms with E-state index >= 15 is 0 Å². The summed E-state index contributed by atoms with van der Waals surface area (Å²) in [5.41, 5.74) is 0.944. The molecule has 11 heteroatoms. The smallest absolute Gasteiger partial charge is 0.416 e. The van der Waals surface area contributed by atoms with Crippen molar-refractivity contribution < 1.29 is 32.7 Å². The van der Waals surface area contributed by atoms with Gasteiger partial charge in [-0.1, -0.05) is 44.2 Å². The maximum atomic E-state index is 13.4. The van der Waals surface area contributed by atoms with Crippen LogP contribution in [0.15, 0.2) is 53.9 Å². The molecule has 1 aliphatic heterocycles. The molecule has 2 aromatic carbocycles. The summed E-state index contributed by atoms with van der Waals surface area (Å²) < 4.78 is 38.9. The minimum absolute atomic E-state index is 0.0479. The number of alkyl halides is 3. The predicted octanol–water partition coefficient (Wildman–Crippen LogP) is 6.08. The minimum Gasteiger partial charge on any atom is -0.480 e. The van der Waals surface area contributed by atoms with E-state index < -0.39 is 29.7 Å². The number of carbonyl (C=O) groups excluding carboxylic acids is 2. The fourth-order valence-corrected chi connectivity index (χ4v) is 5.74. The quantitative estimate of drug-likeness (QED) is 0.340. The van der Waals surface area contributed by atoms with Gasteiger partial charge in [-0.3, -0.25) is 9.59 Å². The number of rotatable bonds is 8. The lowest BCUT2D eigenvalue weighted by Crippen LogP contribution is -2.41. The molecule has 212 valence electrons. The molecule has 0 unspecified atom stereocenters. The Morgan fingerprint density at radius 1 is 1.07 bits per heavy atom. The molecule has 1 saturated heterocycles. The van der Waals surface area contributed by atoms with Crippen LogP contribution in [0.2, 0.25) is 0 Å². The molecule has 2 heterocycles. The van der Waals surface area contributed by atoms with Crippen molar-refractivity contribution >= 4 is 29.1 Å². The second-order valence-electron chi connectivity index (χ2n) is 10.3. The minimum atomic E-state index is -4.44. The Kier molecular flexibility index (Phi) is 8.92. The number of carbonyl (C=O) groups is 3. The van der Waals surface area contributed by atoms with Crippen molar-refractivity contribution in [1.29, 1.82) is 0 Å². The first-order valence-corrected chi connectivity index (χ1v) is 13.9. The van der Waals surface area contributed by atoms with Crippen molar-refractivity contribution in [2.24, 2.45) is 5.92 Å². The zero-order valence-corrected chi connectivity index (χ0v) is 22.9. The number of piperidine rings is 1. The van der Waals surface area contributed by atoms with E-state index in [0.717, 1.165) is 17.1 Å². The second kappa shape index (κ2) is 12.2.